The maximum absolute atomic E-state index is 13.6. The molecular weight excluding hydrogens is 514 g/mol. The molecule has 0 bridgehead atoms. The first-order valence-electron chi connectivity index (χ1n) is 14.1. The second-order valence-corrected chi connectivity index (χ2v) is 10.9. The molecule has 2 rings (SSSR count). The van der Waals surface area contributed by atoms with Gasteiger partial charge in [0.25, 0.3) is 0 Å². The molecule has 1 aliphatic carbocycles. The summed E-state index contributed by atoms with van der Waals surface area (Å²) in [5.74, 6) is -1.73. The molecule has 1 aromatic carbocycles. The van der Waals surface area contributed by atoms with E-state index in [4.69, 9.17) is 5.21 Å². The van der Waals surface area contributed by atoms with Crippen molar-refractivity contribution in [1.82, 2.24) is 26.3 Å². The quantitative estimate of drug-likeness (QED) is 0.0832. The lowest BCUT2D eigenvalue weighted by Gasteiger charge is -2.33. The number of carbonyl (C=O) groups is 5. The third kappa shape index (κ3) is 9.12. The number of nitrogens with one attached hydrogen (secondary N) is 4. The molecule has 0 radical (unpaired) electrons. The van der Waals surface area contributed by atoms with Gasteiger partial charge in [-0.2, -0.15) is 0 Å². The Bertz CT molecular complexity index is 1000. The summed E-state index contributed by atoms with van der Waals surface area (Å²) in [6.07, 6.45) is 4.72. The molecule has 0 aliphatic heterocycles. The first-order valence-corrected chi connectivity index (χ1v) is 14.1. The van der Waals surface area contributed by atoms with E-state index in [1.54, 1.807) is 12.5 Å². The average Bonchev–Trinajstić information content (AvgIpc) is 3.34. The van der Waals surface area contributed by atoms with Crippen molar-refractivity contribution in [2.75, 3.05) is 20.1 Å². The van der Waals surface area contributed by atoms with E-state index in [2.05, 4.69) is 16.0 Å². The fourth-order valence-electron chi connectivity index (χ4n) is 5.08. The van der Waals surface area contributed by atoms with Crippen molar-refractivity contribution < 1.29 is 29.2 Å². The van der Waals surface area contributed by atoms with Gasteiger partial charge < -0.3 is 25.6 Å². The number of benzene rings is 1. The van der Waals surface area contributed by atoms with E-state index in [-0.39, 0.29) is 30.7 Å². The highest BCUT2D eigenvalue weighted by atomic mass is 16.5. The van der Waals surface area contributed by atoms with E-state index >= 15 is 0 Å². The monoisotopic (exact) mass is 559 g/mol. The van der Waals surface area contributed by atoms with Gasteiger partial charge >= 0.3 is 0 Å². The number of hydrogen-bond donors (Lipinski definition) is 5. The largest absolute Gasteiger partial charge is 0.345 e. The van der Waals surface area contributed by atoms with Gasteiger partial charge in [-0.3, -0.25) is 24.4 Å². The van der Waals surface area contributed by atoms with Crippen LogP contribution in [0.1, 0.15) is 70.4 Å². The molecule has 1 aliphatic rings. The molecule has 5 N–H and O–H groups in total. The molecule has 11 heteroatoms. The number of amides is 4. The zero-order valence-corrected chi connectivity index (χ0v) is 24.1. The van der Waals surface area contributed by atoms with Crippen LogP contribution >= 0.6 is 0 Å². The smallest absolute Gasteiger partial charge is 0.245 e. The summed E-state index contributed by atoms with van der Waals surface area (Å²) < 4.78 is 0. The number of carbonyl (C=O) groups excluding carboxylic acids is 5. The van der Waals surface area contributed by atoms with E-state index in [1.807, 2.05) is 45.0 Å². The van der Waals surface area contributed by atoms with Crippen LogP contribution in [0, 0.1) is 5.92 Å². The molecule has 2 unspecified atom stereocenters. The number of likely N-dealkylation sites (N-methyl/N-ethyl adjacent to an activating group) is 1. The average molecular weight is 560 g/mol. The summed E-state index contributed by atoms with van der Waals surface area (Å²) in [7, 11) is 1.75. The van der Waals surface area contributed by atoms with Crippen LogP contribution in [0.2, 0.25) is 0 Å². The number of fused-ring (bicyclic) bond motifs is 1. The lowest BCUT2D eigenvalue weighted by atomic mass is 9.92. The van der Waals surface area contributed by atoms with Crippen LogP contribution in [0.4, 0.5) is 0 Å². The van der Waals surface area contributed by atoms with Gasteiger partial charge in [-0.25, -0.2) is 5.48 Å². The van der Waals surface area contributed by atoms with Crippen molar-refractivity contribution in [1.29, 1.82) is 0 Å². The molecule has 0 fully saturated rings. The van der Waals surface area contributed by atoms with Crippen LogP contribution in [-0.4, -0.2) is 77.8 Å². The Balaban J connectivity index is 2.00. The molecular formula is C29H45N5O6. The first-order chi connectivity index (χ1) is 19.1. The predicted molar refractivity (Wildman–Crippen MR) is 150 cm³/mol. The van der Waals surface area contributed by atoms with Crippen molar-refractivity contribution in [3.63, 3.8) is 0 Å². The Morgan fingerprint density at radius 2 is 1.68 bits per heavy atom. The summed E-state index contributed by atoms with van der Waals surface area (Å²) in [4.78, 5) is 64.1. The van der Waals surface area contributed by atoms with Crippen LogP contribution in [0.3, 0.4) is 0 Å². The molecule has 11 nitrogen and oxygen atoms in total. The molecule has 0 spiro atoms. The van der Waals surface area contributed by atoms with Gasteiger partial charge in [0.1, 0.15) is 17.9 Å². The standard InChI is InChI=1S/C29H45N5O6/c1-5-15-34(18-25(37)31-23(19-35)13-7-6-8-14-24(36)33-40)27(38)26(20(2)3)32-28(39)29(30-4)16-21-11-9-10-12-22(21)17-29/h9-12,19-20,23,26,30,40H,5-8,13-18H2,1-4H3,(H,31,37)(H,32,39)(H,33,36). The summed E-state index contributed by atoms with van der Waals surface area (Å²) >= 11 is 0. The third-order valence-electron chi connectivity index (χ3n) is 7.43. The SMILES string of the molecule is CCCN(CC(=O)NC(C=O)CCCCCC(=O)NO)C(=O)C(NC(=O)C1(NC)Cc2ccccc2C1)C(C)C. The van der Waals surface area contributed by atoms with Crippen LogP contribution in [-0.2, 0) is 36.8 Å². The first kappa shape index (κ1) is 32.9. The van der Waals surface area contributed by atoms with E-state index in [0.29, 0.717) is 57.8 Å². The zero-order chi connectivity index (χ0) is 29.7. The Kier molecular flexibility index (Phi) is 13.2. The predicted octanol–water partition coefficient (Wildman–Crippen LogP) is 1.26. The Morgan fingerprint density at radius 3 is 2.20 bits per heavy atom. The number of aldehydes is 1. The number of hydroxylamine groups is 1. The summed E-state index contributed by atoms with van der Waals surface area (Å²) in [5.41, 5.74) is 2.92. The van der Waals surface area contributed by atoms with Crippen molar-refractivity contribution in [2.24, 2.45) is 5.92 Å². The highest BCUT2D eigenvalue weighted by Gasteiger charge is 2.44. The number of unbranched alkanes of at least 4 members (excludes halogenated alkanes) is 2. The van der Waals surface area contributed by atoms with Crippen LogP contribution < -0.4 is 21.4 Å². The lowest BCUT2D eigenvalue weighted by Crippen LogP contribution is -2.62. The molecule has 0 saturated carbocycles. The summed E-state index contributed by atoms with van der Waals surface area (Å²) in [5, 5.41) is 17.4. The molecule has 0 heterocycles. The van der Waals surface area contributed by atoms with Gasteiger partial charge in [0.2, 0.25) is 23.6 Å². The fourth-order valence-corrected chi connectivity index (χ4v) is 5.08. The third-order valence-corrected chi connectivity index (χ3v) is 7.43. The van der Waals surface area contributed by atoms with E-state index in [9.17, 15) is 24.0 Å². The Morgan fingerprint density at radius 1 is 1.02 bits per heavy atom. The normalized spacial score (nSPS) is 15.1. The van der Waals surface area contributed by atoms with Crippen molar-refractivity contribution in [2.45, 2.75) is 89.8 Å². The molecule has 0 aromatic heterocycles. The van der Waals surface area contributed by atoms with E-state index in [1.165, 1.54) is 4.90 Å². The van der Waals surface area contributed by atoms with Gasteiger partial charge in [-0.1, -0.05) is 57.9 Å². The topological polar surface area (TPSA) is 157 Å². The fraction of sp³-hybridized carbons (Fsp3) is 0.621. The molecule has 40 heavy (non-hydrogen) atoms. The molecule has 2 atom stereocenters. The zero-order valence-electron chi connectivity index (χ0n) is 24.1. The molecule has 1 aromatic rings. The van der Waals surface area contributed by atoms with Crippen LogP contribution in [0.15, 0.2) is 24.3 Å². The van der Waals surface area contributed by atoms with E-state index in [0.717, 1.165) is 11.1 Å². The van der Waals surface area contributed by atoms with Crippen LogP contribution in [0.25, 0.3) is 0 Å². The lowest BCUT2D eigenvalue weighted by molar-refractivity contribution is -0.141. The molecule has 4 amide bonds. The van der Waals surface area contributed by atoms with Crippen molar-refractivity contribution in [3.8, 4) is 0 Å². The Hall–Kier alpha value is -3.31. The number of hydrogen-bond acceptors (Lipinski definition) is 7. The van der Waals surface area contributed by atoms with Gasteiger partial charge in [0, 0.05) is 25.8 Å². The second kappa shape index (κ2) is 16.1. The second-order valence-electron chi connectivity index (χ2n) is 10.9. The molecule has 0 saturated heterocycles. The maximum Gasteiger partial charge on any atom is 0.245 e. The number of nitrogens with zero attached hydrogens (tertiary/aromatic N) is 1. The Labute approximate surface area is 236 Å². The minimum Gasteiger partial charge on any atom is -0.345 e. The van der Waals surface area contributed by atoms with Crippen molar-refractivity contribution in [3.05, 3.63) is 35.4 Å². The number of rotatable bonds is 17. The minimum absolute atomic E-state index is 0.179. The van der Waals surface area contributed by atoms with Gasteiger partial charge in [0.15, 0.2) is 0 Å². The summed E-state index contributed by atoms with van der Waals surface area (Å²) in [6, 6.07) is 6.39. The van der Waals surface area contributed by atoms with Crippen LogP contribution in [0.5, 0.6) is 0 Å². The summed E-state index contributed by atoms with van der Waals surface area (Å²) in [6.45, 7) is 5.71. The van der Waals surface area contributed by atoms with Gasteiger partial charge in [0.05, 0.1) is 12.6 Å². The van der Waals surface area contributed by atoms with Gasteiger partial charge in [-0.15, -0.1) is 0 Å². The highest BCUT2D eigenvalue weighted by Crippen LogP contribution is 2.30. The minimum atomic E-state index is -0.858. The maximum atomic E-state index is 13.6. The van der Waals surface area contributed by atoms with Gasteiger partial charge in [-0.05, 0) is 43.4 Å². The molecule has 222 valence electrons. The van der Waals surface area contributed by atoms with E-state index < -0.39 is 29.4 Å². The highest BCUT2D eigenvalue weighted by molar-refractivity contribution is 5.94. The van der Waals surface area contributed by atoms with Crippen molar-refractivity contribution >= 4 is 29.9 Å².